The summed E-state index contributed by atoms with van der Waals surface area (Å²) in [6.07, 6.45) is 4.57. The van der Waals surface area contributed by atoms with Gasteiger partial charge in [-0.05, 0) is 49.9 Å². The van der Waals surface area contributed by atoms with Crippen LogP contribution in [0.25, 0.3) is 5.69 Å². The summed E-state index contributed by atoms with van der Waals surface area (Å²) < 4.78 is 14.3. The number of aryl methyl sites for hydroxylation is 1. The zero-order chi connectivity index (χ0) is 23.8. The van der Waals surface area contributed by atoms with Crippen molar-refractivity contribution in [3.63, 3.8) is 0 Å². The van der Waals surface area contributed by atoms with Crippen LogP contribution in [-0.4, -0.2) is 51.7 Å². The maximum Gasteiger partial charge on any atom is 0.227 e. The Hall–Kier alpha value is -2.67. The van der Waals surface area contributed by atoms with Crippen LogP contribution in [-0.2, 0) is 17.7 Å². The number of nitrogens with zero attached hydrogens (tertiary/aromatic N) is 3. The molecule has 1 N–H and O–H groups in total. The van der Waals surface area contributed by atoms with Crippen molar-refractivity contribution in [3.05, 3.63) is 71.9 Å². The second-order valence-corrected chi connectivity index (χ2v) is 9.02. The van der Waals surface area contributed by atoms with Crippen molar-refractivity contribution in [3.8, 4) is 17.3 Å². The number of para-hydroxylation sites is 2. The molecule has 0 spiro atoms. The van der Waals surface area contributed by atoms with Crippen LogP contribution >= 0.6 is 0 Å². The first-order chi connectivity index (χ1) is 16.7. The third-order valence-electron chi connectivity index (χ3n) is 6.27. The molecule has 0 aliphatic carbocycles. The van der Waals surface area contributed by atoms with Gasteiger partial charge in [-0.2, -0.15) is 5.10 Å². The van der Waals surface area contributed by atoms with Crippen molar-refractivity contribution in [1.82, 2.24) is 14.7 Å². The SMILES string of the molecule is CCCC(O)CN(Cc1c(CC)nn(-c2ccccc2)c1Oc1ccccc1)CC1CCCO1. The van der Waals surface area contributed by atoms with Crippen LogP contribution in [0.1, 0.15) is 50.8 Å². The zero-order valence-corrected chi connectivity index (χ0v) is 20.4. The standard InChI is InChI=1S/C28H37N3O3/c1-3-12-23(32)19-30(20-25-17-11-18-33-25)21-26-27(4-2)29-31(22-13-7-5-8-14-22)28(26)34-24-15-9-6-10-16-24/h5-10,13-16,23,25,32H,3-4,11-12,17-21H2,1-2H3. The molecule has 1 saturated heterocycles. The second kappa shape index (κ2) is 12.2. The van der Waals surface area contributed by atoms with E-state index < -0.39 is 0 Å². The fourth-order valence-electron chi connectivity index (χ4n) is 4.60. The highest BCUT2D eigenvalue weighted by atomic mass is 16.5. The first-order valence-corrected chi connectivity index (χ1v) is 12.6. The van der Waals surface area contributed by atoms with Crippen LogP contribution in [0.2, 0.25) is 0 Å². The Morgan fingerprint density at radius 1 is 1.12 bits per heavy atom. The molecular weight excluding hydrogens is 426 g/mol. The minimum absolute atomic E-state index is 0.210. The molecule has 2 atom stereocenters. The molecule has 6 heteroatoms. The van der Waals surface area contributed by atoms with Crippen LogP contribution in [0, 0.1) is 0 Å². The molecule has 6 nitrogen and oxygen atoms in total. The molecule has 2 unspecified atom stereocenters. The molecule has 0 amide bonds. The monoisotopic (exact) mass is 463 g/mol. The maximum absolute atomic E-state index is 10.7. The van der Waals surface area contributed by atoms with Crippen molar-refractivity contribution >= 4 is 0 Å². The van der Waals surface area contributed by atoms with E-state index in [9.17, 15) is 5.11 Å². The summed E-state index contributed by atoms with van der Waals surface area (Å²) in [5, 5.41) is 15.6. The average molecular weight is 464 g/mol. The minimum atomic E-state index is -0.362. The molecule has 1 fully saturated rings. The van der Waals surface area contributed by atoms with E-state index in [1.54, 1.807) is 0 Å². The van der Waals surface area contributed by atoms with Gasteiger partial charge in [0.2, 0.25) is 5.88 Å². The lowest BCUT2D eigenvalue weighted by Gasteiger charge is -2.27. The summed E-state index contributed by atoms with van der Waals surface area (Å²) in [6, 6.07) is 20.0. The minimum Gasteiger partial charge on any atom is -0.439 e. The van der Waals surface area contributed by atoms with Gasteiger partial charge in [-0.15, -0.1) is 0 Å². The van der Waals surface area contributed by atoms with Crippen molar-refractivity contribution in [2.75, 3.05) is 19.7 Å². The largest absolute Gasteiger partial charge is 0.439 e. The molecule has 0 bridgehead atoms. The lowest BCUT2D eigenvalue weighted by atomic mass is 10.1. The highest BCUT2D eigenvalue weighted by Crippen LogP contribution is 2.32. The van der Waals surface area contributed by atoms with Crippen LogP contribution in [0.5, 0.6) is 11.6 Å². The van der Waals surface area contributed by atoms with E-state index in [4.69, 9.17) is 14.6 Å². The molecule has 182 valence electrons. The van der Waals surface area contributed by atoms with E-state index in [0.29, 0.717) is 13.1 Å². The Labute approximate surface area is 203 Å². The van der Waals surface area contributed by atoms with Crippen molar-refractivity contribution in [2.45, 2.75) is 64.7 Å². The number of benzene rings is 2. The number of hydrogen-bond donors (Lipinski definition) is 1. The number of ether oxygens (including phenoxy) is 2. The second-order valence-electron chi connectivity index (χ2n) is 9.02. The van der Waals surface area contributed by atoms with Gasteiger partial charge in [0.1, 0.15) is 5.75 Å². The molecule has 2 aromatic carbocycles. The van der Waals surface area contributed by atoms with E-state index in [-0.39, 0.29) is 12.2 Å². The molecule has 2 heterocycles. The summed E-state index contributed by atoms with van der Waals surface area (Å²) in [5.74, 6) is 1.51. The lowest BCUT2D eigenvalue weighted by molar-refractivity contribution is 0.0437. The molecular formula is C28H37N3O3. The Bertz CT molecular complexity index is 1000. The number of rotatable bonds is 12. The first kappa shape index (κ1) is 24.5. The Morgan fingerprint density at radius 2 is 1.85 bits per heavy atom. The van der Waals surface area contributed by atoms with E-state index >= 15 is 0 Å². The summed E-state index contributed by atoms with van der Waals surface area (Å²) in [4.78, 5) is 2.32. The zero-order valence-electron chi connectivity index (χ0n) is 20.4. The molecule has 0 radical (unpaired) electrons. The third-order valence-corrected chi connectivity index (χ3v) is 6.27. The molecule has 3 aromatic rings. The van der Waals surface area contributed by atoms with Gasteiger partial charge in [0.05, 0.1) is 29.2 Å². The summed E-state index contributed by atoms with van der Waals surface area (Å²) in [5.41, 5.74) is 3.04. The summed E-state index contributed by atoms with van der Waals surface area (Å²) in [6.45, 7) is 7.12. The topological polar surface area (TPSA) is 59.8 Å². The Kier molecular flexibility index (Phi) is 8.74. The molecule has 34 heavy (non-hydrogen) atoms. The van der Waals surface area contributed by atoms with Gasteiger partial charge in [-0.1, -0.05) is 56.7 Å². The molecule has 1 aromatic heterocycles. The smallest absolute Gasteiger partial charge is 0.227 e. The summed E-state index contributed by atoms with van der Waals surface area (Å²) in [7, 11) is 0. The van der Waals surface area contributed by atoms with E-state index in [0.717, 1.165) is 73.8 Å². The molecule has 1 aliphatic rings. The predicted molar refractivity (Wildman–Crippen MR) is 135 cm³/mol. The van der Waals surface area contributed by atoms with Gasteiger partial charge in [-0.25, -0.2) is 4.68 Å². The third kappa shape index (κ3) is 6.26. The van der Waals surface area contributed by atoms with Crippen LogP contribution < -0.4 is 4.74 Å². The first-order valence-electron chi connectivity index (χ1n) is 12.6. The highest BCUT2D eigenvalue weighted by molar-refractivity contribution is 5.43. The van der Waals surface area contributed by atoms with Crippen molar-refractivity contribution in [2.24, 2.45) is 0 Å². The highest BCUT2D eigenvalue weighted by Gasteiger charge is 2.26. The number of aromatic nitrogens is 2. The lowest BCUT2D eigenvalue weighted by Crippen LogP contribution is -2.37. The Morgan fingerprint density at radius 3 is 2.50 bits per heavy atom. The fourth-order valence-corrected chi connectivity index (χ4v) is 4.60. The molecule has 0 saturated carbocycles. The normalized spacial score (nSPS) is 16.8. The molecule has 4 rings (SSSR count). The molecule has 1 aliphatic heterocycles. The number of aliphatic hydroxyl groups is 1. The fraction of sp³-hybridized carbons (Fsp3) is 0.464. The van der Waals surface area contributed by atoms with Crippen molar-refractivity contribution < 1.29 is 14.6 Å². The van der Waals surface area contributed by atoms with Gasteiger partial charge < -0.3 is 14.6 Å². The van der Waals surface area contributed by atoms with Gasteiger partial charge in [0.25, 0.3) is 0 Å². The van der Waals surface area contributed by atoms with Gasteiger partial charge in [0, 0.05) is 26.2 Å². The quantitative estimate of drug-likeness (QED) is 0.391. The predicted octanol–water partition coefficient (Wildman–Crippen LogP) is 5.37. The van der Waals surface area contributed by atoms with Crippen LogP contribution in [0.15, 0.2) is 60.7 Å². The van der Waals surface area contributed by atoms with Gasteiger partial charge in [0.15, 0.2) is 0 Å². The van der Waals surface area contributed by atoms with Gasteiger partial charge in [-0.3, -0.25) is 4.90 Å². The van der Waals surface area contributed by atoms with Crippen molar-refractivity contribution in [1.29, 1.82) is 0 Å². The van der Waals surface area contributed by atoms with E-state index in [1.807, 2.05) is 65.3 Å². The Balaban J connectivity index is 1.70. The number of hydrogen-bond acceptors (Lipinski definition) is 5. The summed E-state index contributed by atoms with van der Waals surface area (Å²) >= 11 is 0. The van der Waals surface area contributed by atoms with Crippen LogP contribution in [0.4, 0.5) is 0 Å². The maximum atomic E-state index is 10.7. The number of aliphatic hydroxyl groups excluding tert-OH is 1. The average Bonchev–Trinajstić information content (AvgIpc) is 3.48. The van der Waals surface area contributed by atoms with Gasteiger partial charge >= 0.3 is 0 Å². The van der Waals surface area contributed by atoms with Crippen LogP contribution in [0.3, 0.4) is 0 Å². The van der Waals surface area contributed by atoms with E-state index in [1.165, 1.54) is 0 Å². The van der Waals surface area contributed by atoms with E-state index in [2.05, 4.69) is 18.7 Å².